The first-order valence-electron chi connectivity index (χ1n) is 6.98. The molecule has 0 aliphatic carbocycles. The average molecular weight is 278 g/mol. The average Bonchev–Trinajstić information content (AvgIpc) is 2.46. The van der Waals surface area contributed by atoms with Gasteiger partial charge in [-0.3, -0.25) is 4.79 Å². The fourth-order valence-electron chi connectivity index (χ4n) is 2.56. The summed E-state index contributed by atoms with van der Waals surface area (Å²) in [5.41, 5.74) is 0.255. The minimum atomic E-state index is -0.257. The molecule has 2 atom stereocenters. The normalized spacial score (nSPS) is 22.3. The summed E-state index contributed by atoms with van der Waals surface area (Å²) in [6, 6.07) is 4.92. The first-order chi connectivity index (χ1) is 9.63. The van der Waals surface area contributed by atoms with Gasteiger partial charge in [-0.15, -0.1) is 0 Å². The summed E-state index contributed by atoms with van der Waals surface area (Å²) < 4.78 is 5.01. The molecule has 0 spiro atoms. The van der Waals surface area contributed by atoms with E-state index in [1.807, 2.05) is 0 Å². The number of carbonyl (C=O) groups is 1. The number of ether oxygens (including phenoxy) is 1. The molecule has 1 aromatic carbocycles. The van der Waals surface area contributed by atoms with E-state index in [2.05, 4.69) is 17.6 Å². The molecule has 1 saturated heterocycles. The molecule has 1 amide bonds. The third-order valence-corrected chi connectivity index (χ3v) is 3.95. The first kappa shape index (κ1) is 14.7. The Balaban J connectivity index is 1.98. The Morgan fingerprint density at radius 3 is 3.05 bits per heavy atom. The van der Waals surface area contributed by atoms with Crippen LogP contribution in [-0.2, 0) is 0 Å². The minimum absolute atomic E-state index is 0.106. The Morgan fingerprint density at radius 1 is 1.55 bits per heavy atom. The summed E-state index contributed by atoms with van der Waals surface area (Å²) in [7, 11) is 1.47. The van der Waals surface area contributed by atoms with Crippen molar-refractivity contribution in [2.75, 3.05) is 26.7 Å². The van der Waals surface area contributed by atoms with Gasteiger partial charge in [0.25, 0.3) is 5.91 Å². The second kappa shape index (κ2) is 6.61. The van der Waals surface area contributed by atoms with E-state index in [4.69, 9.17) is 4.74 Å². The summed E-state index contributed by atoms with van der Waals surface area (Å²) in [4.78, 5) is 12.1. The molecule has 1 heterocycles. The highest BCUT2D eigenvalue weighted by molar-refractivity contribution is 5.97. The number of carbonyl (C=O) groups excluding carboxylic acids is 1. The highest BCUT2D eigenvalue weighted by Crippen LogP contribution is 2.29. The van der Waals surface area contributed by atoms with Gasteiger partial charge in [-0.2, -0.15) is 0 Å². The SMILES string of the molecule is COc1cccc(C(=O)NCC2CCNCC2C)c1O. The van der Waals surface area contributed by atoms with E-state index in [1.165, 1.54) is 7.11 Å². The number of piperidine rings is 1. The van der Waals surface area contributed by atoms with E-state index in [0.29, 0.717) is 24.1 Å². The van der Waals surface area contributed by atoms with E-state index >= 15 is 0 Å². The number of aromatic hydroxyl groups is 1. The molecule has 1 aliphatic heterocycles. The van der Waals surface area contributed by atoms with Gasteiger partial charge in [0.1, 0.15) is 0 Å². The number of methoxy groups -OCH3 is 1. The molecule has 0 bridgehead atoms. The maximum absolute atomic E-state index is 12.1. The minimum Gasteiger partial charge on any atom is -0.504 e. The zero-order valence-electron chi connectivity index (χ0n) is 12.0. The van der Waals surface area contributed by atoms with Gasteiger partial charge in [-0.1, -0.05) is 13.0 Å². The van der Waals surface area contributed by atoms with Crippen LogP contribution in [0, 0.1) is 11.8 Å². The van der Waals surface area contributed by atoms with Crippen molar-refractivity contribution < 1.29 is 14.6 Å². The maximum Gasteiger partial charge on any atom is 0.255 e. The fourth-order valence-corrected chi connectivity index (χ4v) is 2.56. The molecular formula is C15H22N2O3. The lowest BCUT2D eigenvalue weighted by Crippen LogP contribution is -2.41. The standard InChI is InChI=1S/C15H22N2O3/c1-10-8-16-7-6-11(10)9-17-15(19)12-4-3-5-13(20-2)14(12)18/h3-5,10-11,16,18H,6-9H2,1-2H3,(H,17,19). The van der Waals surface area contributed by atoms with Crippen LogP contribution in [-0.4, -0.2) is 37.8 Å². The first-order valence-corrected chi connectivity index (χ1v) is 6.98. The van der Waals surface area contributed by atoms with Crippen LogP contribution in [0.5, 0.6) is 11.5 Å². The van der Waals surface area contributed by atoms with E-state index in [1.54, 1.807) is 18.2 Å². The largest absolute Gasteiger partial charge is 0.504 e. The van der Waals surface area contributed by atoms with Crippen molar-refractivity contribution in [1.82, 2.24) is 10.6 Å². The lowest BCUT2D eigenvalue weighted by Gasteiger charge is -2.29. The molecule has 2 unspecified atom stereocenters. The van der Waals surface area contributed by atoms with Gasteiger partial charge < -0.3 is 20.5 Å². The molecule has 5 heteroatoms. The molecule has 1 aromatic rings. The van der Waals surface area contributed by atoms with Crippen LogP contribution >= 0.6 is 0 Å². The summed E-state index contributed by atoms with van der Waals surface area (Å²) in [6.45, 7) is 4.81. The number of hydrogen-bond donors (Lipinski definition) is 3. The van der Waals surface area contributed by atoms with Gasteiger partial charge in [-0.25, -0.2) is 0 Å². The van der Waals surface area contributed by atoms with Crippen LogP contribution in [0.4, 0.5) is 0 Å². The zero-order valence-corrected chi connectivity index (χ0v) is 12.0. The monoisotopic (exact) mass is 278 g/mol. The van der Waals surface area contributed by atoms with Crippen molar-refractivity contribution in [2.24, 2.45) is 11.8 Å². The van der Waals surface area contributed by atoms with Gasteiger partial charge in [0.2, 0.25) is 0 Å². The Hall–Kier alpha value is -1.75. The van der Waals surface area contributed by atoms with Gasteiger partial charge in [0.15, 0.2) is 11.5 Å². The van der Waals surface area contributed by atoms with Crippen molar-refractivity contribution in [3.63, 3.8) is 0 Å². The number of benzene rings is 1. The third-order valence-electron chi connectivity index (χ3n) is 3.95. The molecule has 0 aromatic heterocycles. The van der Waals surface area contributed by atoms with Crippen LogP contribution in [0.25, 0.3) is 0 Å². The number of amides is 1. The molecule has 0 saturated carbocycles. The van der Waals surface area contributed by atoms with Crippen molar-refractivity contribution in [1.29, 1.82) is 0 Å². The predicted molar refractivity (Wildman–Crippen MR) is 77.1 cm³/mol. The van der Waals surface area contributed by atoms with Crippen molar-refractivity contribution in [2.45, 2.75) is 13.3 Å². The van der Waals surface area contributed by atoms with Gasteiger partial charge in [0.05, 0.1) is 12.7 Å². The lowest BCUT2D eigenvalue weighted by atomic mass is 9.88. The fraction of sp³-hybridized carbons (Fsp3) is 0.533. The molecule has 110 valence electrons. The van der Waals surface area contributed by atoms with Crippen LogP contribution in [0.1, 0.15) is 23.7 Å². The van der Waals surface area contributed by atoms with Gasteiger partial charge in [0, 0.05) is 6.54 Å². The number of hydrogen-bond acceptors (Lipinski definition) is 4. The molecule has 1 fully saturated rings. The van der Waals surface area contributed by atoms with E-state index in [-0.39, 0.29) is 17.2 Å². The Morgan fingerprint density at radius 2 is 2.35 bits per heavy atom. The Bertz CT molecular complexity index is 476. The molecule has 20 heavy (non-hydrogen) atoms. The predicted octanol–water partition coefficient (Wildman–Crippen LogP) is 1.38. The van der Waals surface area contributed by atoms with Crippen LogP contribution in [0.3, 0.4) is 0 Å². The van der Waals surface area contributed by atoms with Gasteiger partial charge in [-0.05, 0) is 43.5 Å². The van der Waals surface area contributed by atoms with E-state index < -0.39 is 0 Å². The molecule has 1 aliphatic rings. The Kier molecular flexibility index (Phi) is 4.84. The molecule has 2 rings (SSSR count). The van der Waals surface area contributed by atoms with Gasteiger partial charge >= 0.3 is 0 Å². The lowest BCUT2D eigenvalue weighted by molar-refractivity contribution is 0.0935. The summed E-state index contributed by atoms with van der Waals surface area (Å²) in [6.07, 6.45) is 1.06. The Labute approximate surface area is 119 Å². The van der Waals surface area contributed by atoms with Crippen molar-refractivity contribution in [3.05, 3.63) is 23.8 Å². The van der Waals surface area contributed by atoms with Crippen molar-refractivity contribution >= 4 is 5.91 Å². The second-order valence-electron chi connectivity index (χ2n) is 5.30. The third kappa shape index (κ3) is 3.22. The maximum atomic E-state index is 12.1. The molecule has 5 nitrogen and oxygen atoms in total. The smallest absolute Gasteiger partial charge is 0.255 e. The molecule has 0 radical (unpaired) electrons. The summed E-state index contributed by atoms with van der Waals surface area (Å²) >= 11 is 0. The topological polar surface area (TPSA) is 70.6 Å². The van der Waals surface area contributed by atoms with Crippen molar-refractivity contribution in [3.8, 4) is 11.5 Å². The van der Waals surface area contributed by atoms with E-state index in [0.717, 1.165) is 19.5 Å². The number of nitrogens with one attached hydrogen (secondary N) is 2. The quantitative estimate of drug-likeness (QED) is 0.778. The molecular weight excluding hydrogens is 256 g/mol. The van der Waals surface area contributed by atoms with Crippen LogP contribution in [0.2, 0.25) is 0 Å². The highest BCUT2D eigenvalue weighted by atomic mass is 16.5. The van der Waals surface area contributed by atoms with E-state index in [9.17, 15) is 9.90 Å². The van der Waals surface area contributed by atoms with Crippen LogP contribution in [0.15, 0.2) is 18.2 Å². The number of phenols is 1. The zero-order chi connectivity index (χ0) is 14.5. The molecule has 3 N–H and O–H groups in total. The van der Waals surface area contributed by atoms with Crippen LogP contribution < -0.4 is 15.4 Å². The number of para-hydroxylation sites is 1. The summed E-state index contributed by atoms with van der Waals surface area (Å²) in [5, 5.41) is 16.2. The second-order valence-corrected chi connectivity index (χ2v) is 5.30. The summed E-state index contributed by atoms with van der Waals surface area (Å²) in [5.74, 6) is 0.974. The highest BCUT2D eigenvalue weighted by Gasteiger charge is 2.22. The number of phenolic OH excluding ortho intramolecular Hbond substituents is 1. The number of rotatable bonds is 4.